The Bertz CT molecular complexity index is 1190. The molecule has 3 rings (SSSR count). The van der Waals surface area contributed by atoms with E-state index in [1.54, 1.807) is 0 Å². The second kappa shape index (κ2) is 9.79. The number of anilines is 1. The van der Waals surface area contributed by atoms with Crippen molar-refractivity contribution >= 4 is 25.1 Å². The van der Waals surface area contributed by atoms with Crippen LogP contribution in [0, 0.1) is 0 Å². The summed E-state index contributed by atoms with van der Waals surface area (Å²) in [5.41, 5.74) is -0.905. The molecule has 1 fully saturated rings. The molecule has 2 heterocycles. The van der Waals surface area contributed by atoms with Crippen LogP contribution in [-0.4, -0.2) is 66.2 Å². The molecular weight excluding hydrogens is 463 g/mol. The molecule has 0 unspecified atom stereocenters. The fourth-order valence-corrected chi connectivity index (χ4v) is 3.82. The Hall–Kier alpha value is -3.13. The van der Waals surface area contributed by atoms with E-state index in [4.69, 9.17) is 14.5 Å². The molecule has 0 radical (unpaired) electrons. The molecule has 0 aliphatic carbocycles. The van der Waals surface area contributed by atoms with Crippen molar-refractivity contribution in [3.8, 4) is 0 Å². The first-order valence-electron chi connectivity index (χ1n) is 9.49. The highest BCUT2D eigenvalue weighted by molar-refractivity contribution is 7.50. The number of ether oxygens (including phenoxy) is 1. The number of hydrogen-bond donors (Lipinski definition) is 7. The maximum absolute atomic E-state index is 12.3. The minimum Gasteiger partial charge on any atom is -0.387 e. The molecule has 7 N–H and O–H groups in total. The van der Waals surface area contributed by atoms with Crippen LogP contribution in [0.15, 0.2) is 46.1 Å². The predicted octanol–water partition coefficient (Wildman–Crippen LogP) is -2.41. The Kier molecular flexibility index (Phi) is 7.27. The van der Waals surface area contributed by atoms with Gasteiger partial charge in [0.2, 0.25) is 5.91 Å². The number of aliphatic hydroxyl groups excluding tert-OH is 2. The van der Waals surface area contributed by atoms with E-state index in [-0.39, 0.29) is 0 Å². The maximum Gasteiger partial charge on any atom is 0.330 e. The van der Waals surface area contributed by atoms with Crippen LogP contribution in [0.1, 0.15) is 11.8 Å². The normalized spacial score (nSPS) is 22.7. The number of hydrogen-bond acceptors (Lipinski definition) is 8. The molecule has 1 aliphatic heterocycles. The van der Waals surface area contributed by atoms with Gasteiger partial charge in [0.25, 0.3) is 11.5 Å². The molecule has 15 heteroatoms. The van der Waals surface area contributed by atoms with Crippen LogP contribution in [0.3, 0.4) is 0 Å². The molecular formula is C18H21N4O10P. The van der Waals surface area contributed by atoms with E-state index < -0.39 is 67.9 Å². The Morgan fingerprint density at radius 3 is 2.36 bits per heavy atom. The highest BCUT2D eigenvalue weighted by atomic mass is 31.2. The molecule has 2 aromatic rings. The third-order valence-electron chi connectivity index (χ3n) is 4.67. The number of H-pyrrole nitrogens is 1. The van der Waals surface area contributed by atoms with Crippen molar-refractivity contribution < 1.29 is 38.9 Å². The summed E-state index contributed by atoms with van der Waals surface area (Å²) in [6.07, 6.45) is -5.81. The maximum atomic E-state index is 12.3. The largest absolute Gasteiger partial charge is 0.387 e. The first-order chi connectivity index (χ1) is 15.4. The molecule has 0 saturated carbocycles. The molecule has 1 aromatic heterocycles. The number of nitrogens with one attached hydrogen (secondary N) is 3. The van der Waals surface area contributed by atoms with E-state index in [2.05, 4.69) is 10.6 Å². The van der Waals surface area contributed by atoms with Gasteiger partial charge in [0.1, 0.15) is 12.2 Å². The summed E-state index contributed by atoms with van der Waals surface area (Å²) in [6.45, 7) is -0.519. The first kappa shape index (κ1) is 24.5. The molecule has 4 atom stereocenters. The second-order valence-corrected chi connectivity index (χ2v) is 8.88. The number of rotatable bonds is 7. The topological polar surface area (TPSA) is 220 Å². The van der Waals surface area contributed by atoms with Gasteiger partial charge in [-0.3, -0.25) is 28.5 Å². The summed E-state index contributed by atoms with van der Waals surface area (Å²) < 4.78 is 17.1. The van der Waals surface area contributed by atoms with Crippen LogP contribution in [0.25, 0.3) is 0 Å². The lowest BCUT2D eigenvalue weighted by Gasteiger charge is -2.16. The van der Waals surface area contributed by atoms with Crippen LogP contribution in [-0.2, 0) is 25.1 Å². The van der Waals surface area contributed by atoms with Crippen molar-refractivity contribution in [1.29, 1.82) is 0 Å². The summed E-state index contributed by atoms with van der Waals surface area (Å²) in [4.78, 5) is 67.4. The van der Waals surface area contributed by atoms with E-state index in [1.165, 1.54) is 24.3 Å². The quantitative estimate of drug-likeness (QED) is 0.206. The summed E-state index contributed by atoms with van der Waals surface area (Å²) in [6, 6.07) is 6.71. The molecule has 178 valence electrons. The Labute approximate surface area is 185 Å². The Morgan fingerprint density at radius 2 is 1.76 bits per heavy atom. The smallest absolute Gasteiger partial charge is 0.330 e. The summed E-state index contributed by atoms with van der Waals surface area (Å²) >= 11 is 0. The number of amides is 2. The second-order valence-electron chi connectivity index (χ2n) is 7.23. The van der Waals surface area contributed by atoms with Gasteiger partial charge in [-0.2, -0.15) is 0 Å². The fourth-order valence-electron chi connectivity index (χ4n) is 3.14. The van der Waals surface area contributed by atoms with Crippen molar-refractivity contribution in [2.24, 2.45) is 0 Å². The number of carbonyl (C=O) groups is 2. The molecule has 1 aromatic carbocycles. The molecule has 0 spiro atoms. The van der Waals surface area contributed by atoms with Gasteiger partial charge in [-0.15, -0.1) is 0 Å². The van der Waals surface area contributed by atoms with Gasteiger partial charge >= 0.3 is 13.3 Å². The van der Waals surface area contributed by atoms with E-state index >= 15 is 0 Å². The monoisotopic (exact) mass is 484 g/mol. The van der Waals surface area contributed by atoms with E-state index in [0.717, 1.165) is 16.8 Å². The minimum absolute atomic E-state index is 0.314. The Morgan fingerprint density at radius 1 is 1.09 bits per heavy atom. The molecule has 14 nitrogen and oxygen atoms in total. The van der Waals surface area contributed by atoms with Gasteiger partial charge in [0.05, 0.1) is 12.7 Å². The van der Waals surface area contributed by atoms with Crippen molar-refractivity contribution in [2.75, 3.05) is 11.9 Å². The molecule has 1 aliphatic rings. The van der Waals surface area contributed by atoms with E-state index in [0.29, 0.717) is 11.3 Å². The number of aromatic amines is 1. The van der Waals surface area contributed by atoms with Crippen molar-refractivity contribution in [3.63, 3.8) is 0 Å². The van der Waals surface area contributed by atoms with Crippen LogP contribution in [0.2, 0.25) is 0 Å². The van der Waals surface area contributed by atoms with Gasteiger partial charge in [-0.05, 0) is 17.7 Å². The van der Waals surface area contributed by atoms with Crippen LogP contribution < -0.4 is 21.9 Å². The van der Waals surface area contributed by atoms with Crippen LogP contribution >= 0.6 is 7.60 Å². The lowest BCUT2D eigenvalue weighted by atomic mass is 10.1. The predicted molar refractivity (Wildman–Crippen MR) is 111 cm³/mol. The third kappa shape index (κ3) is 6.22. The third-order valence-corrected chi connectivity index (χ3v) is 5.45. The van der Waals surface area contributed by atoms with Crippen molar-refractivity contribution in [2.45, 2.75) is 30.7 Å². The Balaban J connectivity index is 1.55. The zero-order chi connectivity index (χ0) is 24.3. The van der Waals surface area contributed by atoms with Gasteiger partial charge in [0, 0.05) is 18.0 Å². The zero-order valence-corrected chi connectivity index (χ0v) is 17.7. The van der Waals surface area contributed by atoms with Gasteiger partial charge in [-0.1, -0.05) is 12.1 Å². The average Bonchev–Trinajstić information content (AvgIpc) is 3.01. The number of aromatic nitrogens is 2. The highest BCUT2D eigenvalue weighted by Gasteiger charge is 2.47. The molecule has 2 amide bonds. The number of carbonyl (C=O) groups excluding carboxylic acids is 2. The summed E-state index contributed by atoms with van der Waals surface area (Å²) in [5.74, 6) is -1.57. The van der Waals surface area contributed by atoms with Gasteiger partial charge < -0.3 is 35.4 Å². The van der Waals surface area contributed by atoms with Crippen molar-refractivity contribution in [1.82, 2.24) is 14.9 Å². The number of aliphatic hydroxyl groups is 2. The number of nitrogens with zero attached hydrogens (tertiary/aromatic N) is 1. The highest BCUT2D eigenvalue weighted by Crippen LogP contribution is 2.39. The zero-order valence-electron chi connectivity index (χ0n) is 16.8. The van der Waals surface area contributed by atoms with E-state index in [1.807, 2.05) is 4.98 Å². The standard InChI is InChI=1S/C18H21N4O10P/c23-11-5-6-22(18(28)21-11)17-14(26)13(25)15(32-17)16(27)19-7-12(24)20-10-3-1-9(2-4-10)8-33(29,30)31/h1-6,13-15,17,25-26H,7-8H2,(H,19,27)(H,20,24)(H,21,23,28)(H2,29,30,31)/t13-,14+,15+,17-/m1/s1. The lowest BCUT2D eigenvalue weighted by molar-refractivity contribution is -0.138. The average molecular weight is 484 g/mol. The van der Waals surface area contributed by atoms with Gasteiger partial charge in [-0.25, -0.2) is 4.79 Å². The lowest BCUT2D eigenvalue weighted by Crippen LogP contribution is -2.45. The molecule has 33 heavy (non-hydrogen) atoms. The fraction of sp³-hybridized carbons (Fsp3) is 0.333. The van der Waals surface area contributed by atoms with Crippen molar-refractivity contribution in [3.05, 3.63) is 62.9 Å². The summed E-state index contributed by atoms with van der Waals surface area (Å²) in [5, 5.41) is 25.0. The van der Waals surface area contributed by atoms with E-state index in [9.17, 15) is 34.0 Å². The SMILES string of the molecule is O=C(CNC(=O)[C@H]1O[C@@H](n2ccc(=O)[nH]c2=O)[C@@H](O)[C@H]1O)Nc1ccc(CP(=O)(O)O)cc1. The summed E-state index contributed by atoms with van der Waals surface area (Å²) in [7, 11) is -4.22. The van der Waals surface area contributed by atoms with Crippen LogP contribution in [0.5, 0.6) is 0 Å². The molecule has 1 saturated heterocycles. The molecule has 0 bridgehead atoms. The van der Waals surface area contributed by atoms with Crippen LogP contribution in [0.4, 0.5) is 5.69 Å². The number of benzene rings is 1. The first-order valence-corrected chi connectivity index (χ1v) is 11.3. The minimum atomic E-state index is -4.22. The van der Waals surface area contributed by atoms with Gasteiger partial charge in [0.15, 0.2) is 12.3 Å².